The zero-order chi connectivity index (χ0) is 19.6. The number of carbonyl (C=O) groups excluding carboxylic acids is 1. The van der Waals surface area contributed by atoms with Crippen LogP contribution >= 0.6 is 0 Å². The lowest BCUT2D eigenvalue weighted by Gasteiger charge is -2.16. The summed E-state index contributed by atoms with van der Waals surface area (Å²) in [5.41, 5.74) is 3.89. The first-order valence-electron chi connectivity index (χ1n) is 8.95. The van der Waals surface area contributed by atoms with Crippen LogP contribution in [0.1, 0.15) is 34.3 Å². The van der Waals surface area contributed by atoms with Crippen LogP contribution in [0.15, 0.2) is 36.4 Å². The molecule has 3 rings (SSSR count). The molecule has 2 N–H and O–H groups in total. The van der Waals surface area contributed by atoms with Gasteiger partial charge in [-0.2, -0.15) is 0 Å². The Morgan fingerprint density at radius 3 is 2.56 bits per heavy atom. The molecule has 1 aliphatic carbocycles. The fourth-order valence-corrected chi connectivity index (χ4v) is 2.82. The molecule has 0 saturated heterocycles. The predicted octanol–water partition coefficient (Wildman–Crippen LogP) is 3.47. The normalized spacial score (nSPS) is 13.1. The molecule has 7 nitrogen and oxygen atoms in total. The molecule has 0 heterocycles. The second kappa shape index (κ2) is 7.65. The van der Waals surface area contributed by atoms with E-state index in [-0.39, 0.29) is 17.6 Å². The number of benzene rings is 2. The van der Waals surface area contributed by atoms with Gasteiger partial charge in [0, 0.05) is 44.0 Å². The first-order chi connectivity index (χ1) is 12.8. The molecule has 2 aromatic carbocycles. The molecule has 1 aliphatic rings. The third-order valence-electron chi connectivity index (χ3n) is 4.68. The topological polar surface area (TPSA) is 87.5 Å². The average Bonchev–Trinajstić information content (AvgIpc) is 3.44. The zero-order valence-electron chi connectivity index (χ0n) is 15.8. The molecule has 1 fully saturated rings. The fourth-order valence-electron chi connectivity index (χ4n) is 2.82. The van der Waals surface area contributed by atoms with Gasteiger partial charge in [0.05, 0.1) is 4.92 Å². The molecule has 0 radical (unpaired) electrons. The molecule has 0 bridgehead atoms. The van der Waals surface area contributed by atoms with E-state index >= 15 is 0 Å². The summed E-state index contributed by atoms with van der Waals surface area (Å²) >= 11 is 0. The zero-order valence-corrected chi connectivity index (χ0v) is 15.8. The molecule has 27 heavy (non-hydrogen) atoms. The summed E-state index contributed by atoms with van der Waals surface area (Å²) in [6.07, 6.45) is 1.94. The third kappa shape index (κ3) is 4.55. The summed E-state index contributed by atoms with van der Waals surface area (Å²) in [6, 6.07) is 10.9. The number of nitrogens with one attached hydrogen (secondary N) is 2. The highest BCUT2D eigenvalue weighted by Crippen LogP contribution is 2.28. The average molecular weight is 368 g/mol. The molecule has 0 atom stereocenters. The van der Waals surface area contributed by atoms with Crippen molar-refractivity contribution in [3.63, 3.8) is 0 Å². The second-order valence-corrected chi connectivity index (χ2v) is 7.10. The van der Waals surface area contributed by atoms with Crippen molar-refractivity contribution >= 4 is 23.0 Å². The highest BCUT2D eigenvalue weighted by atomic mass is 16.6. The summed E-state index contributed by atoms with van der Waals surface area (Å²) in [6.45, 7) is 2.48. The Hall–Kier alpha value is -3.09. The van der Waals surface area contributed by atoms with Crippen LogP contribution in [0, 0.1) is 17.0 Å². The Balaban J connectivity index is 1.76. The van der Waals surface area contributed by atoms with Gasteiger partial charge in [-0.1, -0.05) is 6.07 Å². The lowest BCUT2D eigenvalue weighted by molar-refractivity contribution is -0.384. The number of nitro benzene ring substituents is 1. The maximum Gasteiger partial charge on any atom is 0.293 e. The summed E-state index contributed by atoms with van der Waals surface area (Å²) in [5.74, 6) is -0.262. The number of nitrogens with zero attached hydrogens (tertiary/aromatic N) is 2. The standard InChI is InChI=1S/C20H24N4O3/c1-13-10-17(23(2)3)8-4-15(13)12-21-18-9-5-14(11-19(18)24(26)27)20(25)22-16-6-7-16/h4-5,8-11,16,21H,6-7,12H2,1-3H3,(H,22,25). The van der Waals surface area contributed by atoms with Gasteiger partial charge >= 0.3 is 0 Å². The minimum absolute atomic E-state index is 0.0963. The van der Waals surface area contributed by atoms with Gasteiger partial charge in [-0.25, -0.2) is 0 Å². The fraction of sp³-hybridized carbons (Fsp3) is 0.350. The number of aryl methyl sites for hydroxylation is 1. The summed E-state index contributed by atoms with van der Waals surface area (Å²) in [5, 5.41) is 17.4. The number of hydrogen-bond donors (Lipinski definition) is 2. The maximum atomic E-state index is 12.1. The summed E-state index contributed by atoms with van der Waals surface area (Å²) < 4.78 is 0. The number of hydrogen-bond acceptors (Lipinski definition) is 5. The van der Waals surface area contributed by atoms with E-state index in [1.807, 2.05) is 38.1 Å². The van der Waals surface area contributed by atoms with Crippen molar-refractivity contribution in [3.8, 4) is 0 Å². The molecule has 0 aliphatic heterocycles. The first-order valence-corrected chi connectivity index (χ1v) is 8.95. The molecule has 0 unspecified atom stereocenters. The van der Waals surface area contributed by atoms with Crippen molar-refractivity contribution in [2.45, 2.75) is 32.4 Å². The maximum absolute atomic E-state index is 12.1. The highest BCUT2D eigenvalue weighted by molar-refractivity contribution is 5.96. The van der Waals surface area contributed by atoms with Crippen molar-refractivity contribution in [1.29, 1.82) is 0 Å². The van der Waals surface area contributed by atoms with Crippen LogP contribution < -0.4 is 15.5 Å². The monoisotopic (exact) mass is 368 g/mol. The lowest BCUT2D eigenvalue weighted by atomic mass is 10.1. The Labute approximate surface area is 158 Å². The molecular formula is C20H24N4O3. The van der Waals surface area contributed by atoms with Crippen LogP contribution in [0.25, 0.3) is 0 Å². The van der Waals surface area contributed by atoms with Crippen molar-refractivity contribution in [2.24, 2.45) is 0 Å². The van der Waals surface area contributed by atoms with Gasteiger partial charge in [-0.15, -0.1) is 0 Å². The smallest absolute Gasteiger partial charge is 0.293 e. The molecular weight excluding hydrogens is 344 g/mol. The quantitative estimate of drug-likeness (QED) is 0.577. The molecule has 0 aromatic heterocycles. The molecule has 0 spiro atoms. The van der Waals surface area contributed by atoms with Gasteiger partial charge < -0.3 is 15.5 Å². The van der Waals surface area contributed by atoms with Crippen LogP contribution in [0.2, 0.25) is 0 Å². The molecule has 142 valence electrons. The van der Waals surface area contributed by atoms with Gasteiger partial charge in [0.2, 0.25) is 0 Å². The Bertz CT molecular complexity index is 876. The Morgan fingerprint density at radius 2 is 1.96 bits per heavy atom. The summed E-state index contributed by atoms with van der Waals surface area (Å²) in [4.78, 5) is 25.2. The highest BCUT2D eigenvalue weighted by Gasteiger charge is 2.25. The molecule has 2 aromatic rings. The SMILES string of the molecule is Cc1cc(N(C)C)ccc1CNc1ccc(C(=O)NC2CC2)cc1[N+](=O)[O-]. The first kappa shape index (κ1) is 18.7. The van der Waals surface area contributed by atoms with Crippen LogP contribution in [0.3, 0.4) is 0 Å². The van der Waals surface area contributed by atoms with Gasteiger partial charge in [-0.3, -0.25) is 14.9 Å². The Kier molecular flexibility index (Phi) is 5.30. The minimum atomic E-state index is -0.460. The van der Waals surface area contributed by atoms with Gasteiger partial charge in [0.25, 0.3) is 11.6 Å². The number of carbonyl (C=O) groups is 1. The van der Waals surface area contributed by atoms with E-state index in [1.165, 1.54) is 6.07 Å². The van der Waals surface area contributed by atoms with E-state index in [1.54, 1.807) is 12.1 Å². The van der Waals surface area contributed by atoms with Crippen molar-refractivity contribution in [3.05, 3.63) is 63.2 Å². The van der Waals surface area contributed by atoms with Crippen LogP contribution in [0.4, 0.5) is 17.1 Å². The predicted molar refractivity (Wildman–Crippen MR) is 106 cm³/mol. The number of nitro groups is 1. The van der Waals surface area contributed by atoms with E-state index in [2.05, 4.69) is 16.7 Å². The van der Waals surface area contributed by atoms with Crippen molar-refractivity contribution in [2.75, 3.05) is 24.3 Å². The number of anilines is 2. The van der Waals surface area contributed by atoms with Gasteiger partial charge in [-0.05, 0) is 55.2 Å². The van der Waals surface area contributed by atoms with Crippen LogP contribution in [-0.2, 0) is 6.54 Å². The molecule has 7 heteroatoms. The van der Waals surface area contributed by atoms with Gasteiger partial charge in [0.1, 0.15) is 5.69 Å². The van der Waals surface area contributed by atoms with E-state index < -0.39 is 4.92 Å². The van der Waals surface area contributed by atoms with E-state index in [9.17, 15) is 14.9 Å². The molecule has 1 saturated carbocycles. The third-order valence-corrected chi connectivity index (χ3v) is 4.68. The van der Waals surface area contributed by atoms with Crippen LogP contribution in [-0.4, -0.2) is 31.0 Å². The largest absolute Gasteiger partial charge is 0.378 e. The van der Waals surface area contributed by atoms with Crippen LogP contribution in [0.5, 0.6) is 0 Å². The molecule has 1 amide bonds. The van der Waals surface area contributed by atoms with E-state index in [0.717, 1.165) is 29.7 Å². The Morgan fingerprint density at radius 1 is 1.22 bits per heavy atom. The van der Waals surface area contributed by atoms with E-state index in [4.69, 9.17) is 0 Å². The number of amides is 1. The van der Waals surface area contributed by atoms with E-state index in [0.29, 0.717) is 17.8 Å². The number of rotatable bonds is 7. The van der Waals surface area contributed by atoms with Gasteiger partial charge in [0.15, 0.2) is 0 Å². The van der Waals surface area contributed by atoms with Crippen molar-refractivity contribution < 1.29 is 9.72 Å². The second-order valence-electron chi connectivity index (χ2n) is 7.10. The van der Waals surface area contributed by atoms with Crippen molar-refractivity contribution in [1.82, 2.24) is 5.32 Å². The summed E-state index contributed by atoms with van der Waals surface area (Å²) in [7, 11) is 3.97. The minimum Gasteiger partial charge on any atom is -0.378 e. The lowest BCUT2D eigenvalue weighted by Crippen LogP contribution is -2.25.